The number of rotatable bonds is 4. The van der Waals surface area contributed by atoms with Crippen LogP contribution in [0.25, 0.3) is 0 Å². The lowest BCUT2D eigenvalue weighted by atomic mass is 9.91. The Balaban J connectivity index is 3.12. The predicted molar refractivity (Wildman–Crippen MR) is 52.4 cm³/mol. The highest BCUT2D eigenvalue weighted by atomic mass is 19.1. The number of ether oxygens (including phenoxy) is 1. The molecule has 0 aliphatic carbocycles. The van der Waals surface area contributed by atoms with Gasteiger partial charge in [0.2, 0.25) is 0 Å². The lowest BCUT2D eigenvalue weighted by molar-refractivity contribution is -0.0410. The van der Waals surface area contributed by atoms with Gasteiger partial charge in [-0.15, -0.1) is 0 Å². The zero-order valence-corrected chi connectivity index (χ0v) is 8.76. The molecule has 84 valence electrons. The van der Waals surface area contributed by atoms with E-state index in [1.807, 2.05) is 0 Å². The van der Waals surface area contributed by atoms with Crippen LogP contribution in [-0.4, -0.2) is 18.8 Å². The van der Waals surface area contributed by atoms with E-state index in [2.05, 4.69) is 0 Å². The van der Waals surface area contributed by atoms with Gasteiger partial charge in [0.25, 0.3) is 0 Å². The Labute approximate surface area is 87.5 Å². The van der Waals surface area contributed by atoms with Crippen molar-refractivity contribution in [3.05, 3.63) is 35.4 Å². The molecule has 0 fully saturated rings. The lowest BCUT2D eigenvalue weighted by Crippen LogP contribution is -2.31. The van der Waals surface area contributed by atoms with Gasteiger partial charge in [0, 0.05) is 18.7 Å². The van der Waals surface area contributed by atoms with Gasteiger partial charge < -0.3 is 9.84 Å². The van der Waals surface area contributed by atoms with Crippen LogP contribution in [0.3, 0.4) is 0 Å². The SMILES string of the molecule is CCC(O)(COC)c1ccc(F)cc1F. The van der Waals surface area contributed by atoms with Gasteiger partial charge in [0.05, 0.1) is 6.61 Å². The maximum atomic E-state index is 13.4. The highest BCUT2D eigenvalue weighted by molar-refractivity contribution is 5.25. The summed E-state index contributed by atoms with van der Waals surface area (Å²) >= 11 is 0. The zero-order valence-electron chi connectivity index (χ0n) is 8.76. The fraction of sp³-hybridized carbons (Fsp3) is 0.455. The van der Waals surface area contributed by atoms with Crippen LogP contribution in [0.4, 0.5) is 8.78 Å². The van der Waals surface area contributed by atoms with E-state index in [1.165, 1.54) is 13.2 Å². The van der Waals surface area contributed by atoms with Crippen LogP contribution in [0.5, 0.6) is 0 Å². The molecule has 1 N–H and O–H groups in total. The molecule has 0 spiro atoms. The number of benzene rings is 1. The Morgan fingerprint density at radius 1 is 1.40 bits per heavy atom. The molecule has 0 aliphatic heterocycles. The second-order valence-electron chi connectivity index (χ2n) is 3.44. The Morgan fingerprint density at radius 2 is 2.07 bits per heavy atom. The van der Waals surface area contributed by atoms with Crippen molar-refractivity contribution in [1.82, 2.24) is 0 Å². The molecule has 0 aromatic heterocycles. The highest BCUT2D eigenvalue weighted by Gasteiger charge is 2.30. The molecule has 0 aliphatic rings. The Hall–Kier alpha value is -1.00. The quantitative estimate of drug-likeness (QED) is 0.836. The maximum Gasteiger partial charge on any atom is 0.132 e. The summed E-state index contributed by atoms with van der Waals surface area (Å²) in [6, 6.07) is 3.12. The molecule has 1 aromatic rings. The molecule has 1 atom stereocenters. The minimum absolute atomic E-state index is 0.0218. The first-order chi connectivity index (χ1) is 7.03. The van der Waals surface area contributed by atoms with Gasteiger partial charge in [-0.2, -0.15) is 0 Å². The predicted octanol–water partition coefficient (Wildman–Crippen LogP) is 2.21. The van der Waals surface area contributed by atoms with Crippen LogP contribution in [0.2, 0.25) is 0 Å². The molecule has 15 heavy (non-hydrogen) atoms. The van der Waals surface area contributed by atoms with Crippen LogP contribution in [-0.2, 0) is 10.3 Å². The first kappa shape index (κ1) is 12.1. The summed E-state index contributed by atoms with van der Waals surface area (Å²) in [6.07, 6.45) is 0.295. The molecule has 1 unspecified atom stereocenters. The van der Waals surface area contributed by atoms with E-state index in [4.69, 9.17) is 4.74 Å². The molecule has 0 saturated carbocycles. The Morgan fingerprint density at radius 3 is 2.53 bits per heavy atom. The van der Waals surface area contributed by atoms with Crippen molar-refractivity contribution >= 4 is 0 Å². The van der Waals surface area contributed by atoms with Gasteiger partial charge in [-0.25, -0.2) is 8.78 Å². The van der Waals surface area contributed by atoms with E-state index in [-0.39, 0.29) is 12.2 Å². The summed E-state index contributed by atoms with van der Waals surface area (Å²) in [5.41, 5.74) is -1.33. The minimum atomic E-state index is -1.40. The van der Waals surface area contributed by atoms with Crippen LogP contribution < -0.4 is 0 Å². The van der Waals surface area contributed by atoms with Gasteiger partial charge in [-0.05, 0) is 12.5 Å². The van der Waals surface area contributed by atoms with Gasteiger partial charge in [0.15, 0.2) is 0 Å². The summed E-state index contributed by atoms with van der Waals surface area (Å²) in [6.45, 7) is 1.69. The third-order valence-electron chi connectivity index (χ3n) is 2.40. The molecule has 0 saturated heterocycles. The second-order valence-corrected chi connectivity index (χ2v) is 3.44. The highest BCUT2D eigenvalue weighted by Crippen LogP contribution is 2.27. The molecule has 0 heterocycles. The molecule has 4 heteroatoms. The first-order valence-corrected chi connectivity index (χ1v) is 4.70. The molecule has 0 radical (unpaired) electrons. The lowest BCUT2D eigenvalue weighted by Gasteiger charge is -2.26. The van der Waals surface area contributed by atoms with Crippen molar-refractivity contribution in [2.45, 2.75) is 18.9 Å². The van der Waals surface area contributed by atoms with E-state index in [0.29, 0.717) is 6.42 Å². The van der Waals surface area contributed by atoms with E-state index in [0.717, 1.165) is 12.1 Å². The molecule has 0 amide bonds. The normalized spacial score (nSPS) is 15.0. The summed E-state index contributed by atoms with van der Waals surface area (Å²) in [5, 5.41) is 10.1. The summed E-state index contributed by atoms with van der Waals surface area (Å²) < 4.78 is 30.9. The van der Waals surface area contributed by atoms with E-state index in [1.54, 1.807) is 6.92 Å². The minimum Gasteiger partial charge on any atom is -0.383 e. The van der Waals surface area contributed by atoms with Crippen LogP contribution in [0.1, 0.15) is 18.9 Å². The molecule has 0 bridgehead atoms. The average molecular weight is 216 g/mol. The van der Waals surface area contributed by atoms with Gasteiger partial charge >= 0.3 is 0 Å². The topological polar surface area (TPSA) is 29.5 Å². The first-order valence-electron chi connectivity index (χ1n) is 4.70. The van der Waals surface area contributed by atoms with Crippen LogP contribution >= 0.6 is 0 Å². The van der Waals surface area contributed by atoms with Crippen molar-refractivity contribution in [1.29, 1.82) is 0 Å². The van der Waals surface area contributed by atoms with Crippen molar-refractivity contribution in [2.75, 3.05) is 13.7 Å². The number of aliphatic hydroxyl groups is 1. The fourth-order valence-electron chi connectivity index (χ4n) is 1.48. The van der Waals surface area contributed by atoms with E-state index >= 15 is 0 Å². The number of hydrogen-bond donors (Lipinski definition) is 1. The zero-order chi connectivity index (χ0) is 11.5. The molecule has 1 rings (SSSR count). The summed E-state index contributed by atoms with van der Waals surface area (Å²) in [7, 11) is 1.42. The molecule has 2 nitrogen and oxygen atoms in total. The smallest absolute Gasteiger partial charge is 0.132 e. The van der Waals surface area contributed by atoms with E-state index in [9.17, 15) is 13.9 Å². The largest absolute Gasteiger partial charge is 0.383 e. The summed E-state index contributed by atoms with van der Waals surface area (Å²) in [5.74, 6) is -1.41. The van der Waals surface area contributed by atoms with Crippen molar-refractivity contribution in [2.24, 2.45) is 0 Å². The molecular weight excluding hydrogens is 202 g/mol. The monoisotopic (exact) mass is 216 g/mol. The van der Waals surface area contributed by atoms with Gasteiger partial charge in [-0.1, -0.05) is 13.0 Å². The number of halogens is 2. The van der Waals surface area contributed by atoms with Crippen molar-refractivity contribution in [3.8, 4) is 0 Å². The average Bonchev–Trinajstić information content (AvgIpc) is 2.17. The standard InChI is InChI=1S/C11H14F2O2/c1-3-11(14,7-15-2)9-5-4-8(12)6-10(9)13/h4-6,14H,3,7H2,1-2H3. The second kappa shape index (κ2) is 4.68. The van der Waals surface area contributed by atoms with Gasteiger partial charge in [-0.3, -0.25) is 0 Å². The Bertz CT molecular complexity index is 341. The number of methoxy groups -OCH3 is 1. The van der Waals surface area contributed by atoms with Crippen molar-refractivity contribution in [3.63, 3.8) is 0 Å². The van der Waals surface area contributed by atoms with Crippen molar-refractivity contribution < 1.29 is 18.6 Å². The summed E-state index contributed by atoms with van der Waals surface area (Å²) in [4.78, 5) is 0. The van der Waals surface area contributed by atoms with Crippen LogP contribution in [0.15, 0.2) is 18.2 Å². The van der Waals surface area contributed by atoms with Crippen LogP contribution in [0, 0.1) is 11.6 Å². The third kappa shape index (κ3) is 2.52. The van der Waals surface area contributed by atoms with Gasteiger partial charge in [0.1, 0.15) is 17.2 Å². The van der Waals surface area contributed by atoms with E-state index < -0.39 is 17.2 Å². The Kier molecular flexibility index (Phi) is 3.77. The number of hydrogen-bond acceptors (Lipinski definition) is 2. The fourth-order valence-corrected chi connectivity index (χ4v) is 1.48. The molecular formula is C11H14F2O2. The third-order valence-corrected chi connectivity index (χ3v) is 2.40. The maximum absolute atomic E-state index is 13.4. The molecule has 1 aromatic carbocycles.